The Hall–Kier alpha value is -2.93. The molecule has 0 bridgehead atoms. The Kier molecular flexibility index (Phi) is 6.68. The molecule has 2 aromatic rings. The lowest BCUT2D eigenvalue weighted by Gasteiger charge is -2.13. The molecule has 0 aromatic heterocycles. The highest BCUT2D eigenvalue weighted by molar-refractivity contribution is 7.80. The van der Waals surface area contributed by atoms with Crippen LogP contribution in [0.25, 0.3) is 0 Å². The molecule has 7 heteroatoms. The van der Waals surface area contributed by atoms with Crippen LogP contribution in [0.4, 0.5) is 0 Å². The molecule has 0 saturated heterocycles. The van der Waals surface area contributed by atoms with Crippen molar-refractivity contribution < 1.29 is 14.3 Å². The van der Waals surface area contributed by atoms with E-state index in [1.54, 1.807) is 18.2 Å². The molecule has 0 atom stereocenters. The molecule has 2 aromatic carbocycles. The molecule has 136 valence electrons. The first-order chi connectivity index (χ1) is 12.4. The average Bonchev–Trinajstić information content (AvgIpc) is 2.61. The van der Waals surface area contributed by atoms with E-state index in [4.69, 9.17) is 17.0 Å². The molecule has 0 unspecified atom stereocenters. The molecular formula is C19H21N3O3S. The van der Waals surface area contributed by atoms with Crippen LogP contribution in [-0.4, -0.2) is 23.5 Å². The number of carbonyl (C=O) groups excluding carboxylic acids is 2. The molecule has 3 N–H and O–H groups in total. The third-order valence-electron chi connectivity index (χ3n) is 3.85. The minimum absolute atomic E-state index is 0.00154. The molecule has 0 spiro atoms. The van der Waals surface area contributed by atoms with Crippen LogP contribution in [0.1, 0.15) is 27.0 Å². The van der Waals surface area contributed by atoms with Gasteiger partial charge in [-0.25, -0.2) is 0 Å². The Morgan fingerprint density at radius 1 is 0.962 bits per heavy atom. The zero-order chi connectivity index (χ0) is 19.1. The van der Waals surface area contributed by atoms with Gasteiger partial charge in [-0.1, -0.05) is 30.3 Å². The first-order valence-corrected chi connectivity index (χ1v) is 8.44. The van der Waals surface area contributed by atoms with Gasteiger partial charge in [-0.3, -0.25) is 25.8 Å². The number of aryl methyl sites for hydroxylation is 2. The van der Waals surface area contributed by atoms with Crippen LogP contribution in [0, 0.1) is 20.8 Å². The summed E-state index contributed by atoms with van der Waals surface area (Å²) in [5, 5.41) is 2.51. The van der Waals surface area contributed by atoms with Gasteiger partial charge >= 0.3 is 0 Å². The molecular weight excluding hydrogens is 350 g/mol. The van der Waals surface area contributed by atoms with Crippen molar-refractivity contribution in [2.24, 2.45) is 0 Å². The number of benzene rings is 2. The summed E-state index contributed by atoms with van der Waals surface area (Å²) in [4.78, 5) is 24.0. The Balaban J connectivity index is 1.78. The van der Waals surface area contributed by atoms with Crippen LogP contribution in [0.2, 0.25) is 0 Å². The highest BCUT2D eigenvalue weighted by Gasteiger charge is 2.11. The SMILES string of the molecule is Cc1ccccc1C(=O)NC(=S)NNC(=O)COc1cccc(C)c1C. The van der Waals surface area contributed by atoms with Gasteiger partial charge in [-0.2, -0.15) is 0 Å². The summed E-state index contributed by atoms with van der Waals surface area (Å²) in [7, 11) is 0. The largest absolute Gasteiger partial charge is 0.483 e. The lowest BCUT2D eigenvalue weighted by Crippen LogP contribution is -2.49. The highest BCUT2D eigenvalue weighted by atomic mass is 32.1. The van der Waals surface area contributed by atoms with Crippen molar-refractivity contribution in [3.05, 3.63) is 64.7 Å². The van der Waals surface area contributed by atoms with Crippen molar-refractivity contribution in [3.8, 4) is 5.75 Å². The second-order valence-corrected chi connectivity index (χ2v) is 6.17. The monoisotopic (exact) mass is 371 g/mol. The van der Waals surface area contributed by atoms with E-state index in [1.807, 2.05) is 45.0 Å². The number of ether oxygens (including phenoxy) is 1. The van der Waals surface area contributed by atoms with Crippen molar-refractivity contribution in [1.82, 2.24) is 16.2 Å². The second kappa shape index (κ2) is 8.96. The van der Waals surface area contributed by atoms with Crippen LogP contribution in [0.3, 0.4) is 0 Å². The van der Waals surface area contributed by atoms with Gasteiger partial charge in [-0.15, -0.1) is 0 Å². The van der Waals surface area contributed by atoms with E-state index < -0.39 is 5.91 Å². The number of nitrogens with one attached hydrogen (secondary N) is 3. The van der Waals surface area contributed by atoms with Crippen molar-refractivity contribution in [1.29, 1.82) is 0 Å². The van der Waals surface area contributed by atoms with E-state index in [0.717, 1.165) is 16.7 Å². The van der Waals surface area contributed by atoms with E-state index in [9.17, 15) is 9.59 Å². The number of hydrogen-bond donors (Lipinski definition) is 3. The fraction of sp³-hybridized carbons (Fsp3) is 0.211. The molecule has 0 fully saturated rings. The van der Waals surface area contributed by atoms with E-state index in [1.165, 1.54) is 0 Å². The minimum Gasteiger partial charge on any atom is -0.483 e. The van der Waals surface area contributed by atoms with Gasteiger partial charge in [0.25, 0.3) is 11.8 Å². The zero-order valence-electron chi connectivity index (χ0n) is 14.9. The molecule has 2 rings (SSSR count). The number of hydrogen-bond acceptors (Lipinski definition) is 4. The summed E-state index contributed by atoms with van der Waals surface area (Å²) in [6.45, 7) is 5.56. The first kappa shape index (κ1) is 19.4. The summed E-state index contributed by atoms with van der Waals surface area (Å²) < 4.78 is 5.50. The zero-order valence-corrected chi connectivity index (χ0v) is 15.7. The standard InChI is InChI=1S/C19H21N3O3S/c1-12-8-6-10-16(14(12)3)25-11-17(23)21-22-19(26)20-18(24)15-9-5-4-7-13(15)2/h4-10H,11H2,1-3H3,(H,21,23)(H2,20,22,24,26). The maximum atomic E-state index is 12.1. The third-order valence-corrected chi connectivity index (χ3v) is 4.05. The van der Waals surface area contributed by atoms with Crippen LogP contribution in [0.5, 0.6) is 5.75 Å². The van der Waals surface area contributed by atoms with Crippen LogP contribution < -0.4 is 20.9 Å². The first-order valence-electron chi connectivity index (χ1n) is 8.03. The molecule has 0 heterocycles. The fourth-order valence-electron chi connectivity index (χ4n) is 2.22. The van der Waals surface area contributed by atoms with Gasteiger partial charge in [0.05, 0.1) is 0 Å². The smallest absolute Gasteiger partial charge is 0.276 e. The van der Waals surface area contributed by atoms with Gasteiger partial charge in [-0.05, 0) is 61.8 Å². The Bertz CT molecular complexity index is 837. The molecule has 26 heavy (non-hydrogen) atoms. The van der Waals surface area contributed by atoms with Crippen LogP contribution >= 0.6 is 12.2 Å². The van der Waals surface area contributed by atoms with Crippen molar-refractivity contribution in [2.75, 3.05) is 6.61 Å². The average molecular weight is 371 g/mol. The summed E-state index contributed by atoms with van der Waals surface area (Å²) in [6, 6.07) is 12.8. The molecule has 2 amide bonds. The molecule has 0 aliphatic rings. The van der Waals surface area contributed by atoms with Crippen LogP contribution in [-0.2, 0) is 4.79 Å². The minimum atomic E-state index is -0.418. The fourth-order valence-corrected chi connectivity index (χ4v) is 2.36. The Morgan fingerprint density at radius 2 is 1.65 bits per heavy atom. The Labute approximate surface area is 157 Å². The van der Waals surface area contributed by atoms with Gasteiger partial charge in [0.1, 0.15) is 5.75 Å². The predicted molar refractivity (Wildman–Crippen MR) is 104 cm³/mol. The van der Waals surface area contributed by atoms with Crippen molar-refractivity contribution >= 4 is 29.1 Å². The molecule has 0 saturated carbocycles. The van der Waals surface area contributed by atoms with Gasteiger partial charge in [0.2, 0.25) is 0 Å². The third kappa shape index (κ3) is 5.29. The maximum Gasteiger partial charge on any atom is 0.276 e. The van der Waals surface area contributed by atoms with Gasteiger partial charge in [0, 0.05) is 5.56 Å². The lowest BCUT2D eigenvalue weighted by molar-refractivity contribution is -0.123. The van der Waals surface area contributed by atoms with E-state index in [-0.39, 0.29) is 17.6 Å². The second-order valence-electron chi connectivity index (χ2n) is 5.76. The molecule has 0 aliphatic carbocycles. The predicted octanol–water partition coefficient (Wildman–Crippen LogP) is 2.33. The molecule has 6 nitrogen and oxygen atoms in total. The summed E-state index contributed by atoms with van der Waals surface area (Å²) in [5.74, 6) is -0.115. The molecule has 0 radical (unpaired) electrons. The maximum absolute atomic E-state index is 12.1. The van der Waals surface area contributed by atoms with E-state index >= 15 is 0 Å². The number of carbonyl (C=O) groups is 2. The lowest BCUT2D eigenvalue weighted by atomic mass is 10.1. The van der Waals surface area contributed by atoms with Gasteiger partial charge in [0.15, 0.2) is 11.7 Å². The number of thiocarbonyl (C=S) groups is 1. The summed E-state index contributed by atoms with van der Waals surface area (Å²) in [5.41, 5.74) is 8.29. The quantitative estimate of drug-likeness (QED) is 0.568. The molecule has 0 aliphatic heterocycles. The topological polar surface area (TPSA) is 79.5 Å². The van der Waals surface area contributed by atoms with Crippen molar-refractivity contribution in [3.63, 3.8) is 0 Å². The normalized spacial score (nSPS) is 9.96. The van der Waals surface area contributed by atoms with E-state index in [0.29, 0.717) is 11.3 Å². The van der Waals surface area contributed by atoms with Crippen molar-refractivity contribution in [2.45, 2.75) is 20.8 Å². The van der Waals surface area contributed by atoms with Gasteiger partial charge < -0.3 is 4.74 Å². The highest BCUT2D eigenvalue weighted by Crippen LogP contribution is 2.20. The van der Waals surface area contributed by atoms with E-state index in [2.05, 4.69) is 16.2 Å². The number of rotatable bonds is 4. The van der Waals surface area contributed by atoms with Crippen LogP contribution in [0.15, 0.2) is 42.5 Å². The number of amides is 2. The summed E-state index contributed by atoms with van der Waals surface area (Å²) in [6.07, 6.45) is 0. The Morgan fingerprint density at radius 3 is 2.38 bits per heavy atom. The summed E-state index contributed by atoms with van der Waals surface area (Å²) >= 11 is 5.01. The number of hydrazine groups is 1.